The summed E-state index contributed by atoms with van der Waals surface area (Å²) in [5, 5.41) is 7.80. The number of nitrogens with zero attached hydrogens (tertiary/aromatic N) is 2. The Labute approximate surface area is 222 Å². The molecule has 39 heavy (non-hydrogen) atoms. The largest absolute Gasteiger partial charge is 0.456 e. The number of rotatable bonds is 8. The quantitative estimate of drug-likeness (QED) is 0.141. The molecule has 5 aromatic rings. The minimum atomic E-state index is -0.364. The van der Waals surface area contributed by atoms with E-state index in [2.05, 4.69) is 10.3 Å². The number of nitrogens with two attached hydrogens (primary N) is 2. The van der Waals surface area contributed by atoms with Crippen LogP contribution in [0.3, 0.4) is 0 Å². The number of furan rings is 1. The molecule has 0 bridgehead atoms. The van der Waals surface area contributed by atoms with Crippen molar-refractivity contribution in [1.82, 2.24) is 0 Å². The Morgan fingerprint density at radius 2 is 0.872 bits per heavy atom. The lowest BCUT2D eigenvalue weighted by atomic mass is 10.1. The van der Waals surface area contributed by atoms with Crippen LogP contribution in [-0.2, 0) is 0 Å². The molecule has 0 unspecified atom stereocenters. The highest BCUT2D eigenvalue weighted by Crippen LogP contribution is 2.29. The third-order valence-corrected chi connectivity index (χ3v) is 5.66. The number of halogens is 2. The minimum absolute atomic E-state index is 0.178. The maximum Gasteiger partial charge on any atom is 0.170 e. The molecule has 1 heterocycles. The molecule has 0 saturated heterocycles. The van der Waals surface area contributed by atoms with Crippen LogP contribution in [0.4, 0.5) is 8.78 Å². The van der Waals surface area contributed by atoms with Crippen molar-refractivity contribution in [2.75, 3.05) is 0 Å². The fraction of sp³-hybridized carbons (Fsp3) is 0. The summed E-state index contributed by atoms with van der Waals surface area (Å²) >= 11 is 0. The van der Waals surface area contributed by atoms with Gasteiger partial charge in [-0.2, -0.15) is 0 Å². The van der Waals surface area contributed by atoms with E-state index < -0.39 is 0 Å². The van der Waals surface area contributed by atoms with E-state index in [1.807, 2.05) is 36.4 Å². The number of hydrogen-bond donors (Lipinski definition) is 2. The van der Waals surface area contributed by atoms with E-state index in [0.29, 0.717) is 34.1 Å². The maximum absolute atomic E-state index is 13.0. The predicted octanol–water partition coefficient (Wildman–Crippen LogP) is 6.29. The number of benzene rings is 4. The summed E-state index contributed by atoms with van der Waals surface area (Å²) in [5.41, 5.74) is 15.1. The number of amidine groups is 2. The lowest BCUT2D eigenvalue weighted by molar-refractivity contribution is 0.340. The minimum Gasteiger partial charge on any atom is -0.456 e. The molecule has 0 aliphatic heterocycles. The third-order valence-electron chi connectivity index (χ3n) is 5.66. The van der Waals surface area contributed by atoms with E-state index in [0.717, 1.165) is 11.1 Å². The molecular weight excluding hydrogens is 502 g/mol. The molecule has 0 fully saturated rings. The summed E-state index contributed by atoms with van der Waals surface area (Å²) in [4.78, 5) is 10.5. The van der Waals surface area contributed by atoms with E-state index in [9.17, 15) is 8.78 Å². The van der Waals surface area contributed by atoms with Crippen molar-refractivity contribution in [3.05, 3.63) is 132 Å². The summed E-state index contributed by atoms with van der Waals surface area (Å²) in [6.45, 7) is 0. The molecular formula is C30H22F2N4O3. The number of hydrogen-bond acceptors (Lipinski definition) is 5. The van der Waals surface area contributed by atoms with E-state index in [1.54, 1.807) is 24.3 Å². The average Bonchev–Trinajstić information content (AvgIpc) is 3.47. The molecule has 0 amide bonds. The van der Waals surface area contributed by atoms with Gasteiger partial charge in [-0.3, -0.25) is 0 Å². The zero-order valence-electron chi connectivity index (χ0n) is 20.4. The molecule has 4 N–H and O–H groups in total. The monoisotopic (exact) mass is 524 g/mol. The molecule has 0 atom stereocenters. The summed E-state index contributed by atoms with van der Waals surface area (Å²) in [7, 11) is 0. The van der Waals surface area contributed by atoms with Crippen molar-refractivity contribution in [3.8, 4) is 34.1 Å². The molecule has 0 saturated carbocycles. The van der Waals surface area contributed by atoms with Crippen LogP contribution in [0.15, 0.2) is 124 Å². The number of oxime groups is 2. The van der Waals surface area contributed by atoms with Crippen molar-refractivity contribution in [2.45, 2.75) is 0 Å². The molecule has 1 aromatic heterocycles. The van der Waals surface area contributed by atoms with Crippen molar-refractivity contribution >= 4 is 11.7 Å². The third kappa shape index (κ3) is 6.28. The van der Waals surface area contributed by atoms with E-state index in [1.165, 1.54) is 48.5 Å². The normalized spacial score (nSPS) is 11.8. The highest BCUT2D eigenvalue weighted by atomic mass is 19.1. The van der Waals surface area contributed by atoms with Crippen LogP contribution in [0.2, 0.25) is 0 Å². The van der Waals surface area contributed by atoms with E-state index in [4.69, 9.17) is 25.6 Å². The van der Waals surface area contributed by atoms with Gasteiger partial charge in [-0.25, -0.2) is 8.78 Å². The molecule has 0 aliphatic carbocycles. The summed E-state index contributed by atoms with van der Waals surface area (Å²) in [6.07, 6.45) is 0. The van der Waals surface area contributed by atoms with Crippen LogP contribution in [0.25, 0.3) is 22.6 Å². The predicted molar refractivity (Wildman–Crippen MR) is 145 cm³/mol. The van der Waals surface area contributed by atoms with Gasteiger partial charge >= 0.3 is 0 Å². The van der Waals surface area contributed by atoms with E-state index in [-0.39, 0.29) is 23.3 Å². The SMILES string of the molecule is N/C(=N\Oc1ccc(F)cc1)c1ccc(-c2ccc(-c3ccc(/C(N)=N/Oc4ccc(F)cc4)cc3)o2)cc1. The molecule has 9 heteroatoms. The zero-order chi connectivity index (χ0) is 27.2. The van der Waals surface area contributed by atoms with Crippen molar-refractivity contribution in [2.24, 2.45) is 21.8 Å². The topological polar surface area (TPSA) is 108 Å². The highest BCUT2D eigenvalue weighted by molar-refractivity contribution is 5.98. The lowest BCUT2D eigenvalue weighted by Gasteiger charge is -2.04. The molecule has 7 nitrogen and oxygen atoms in total. The molecule has 0 radical (unpaired) electrons. The first-order valence-corrected chi connectivity index (χ1v) is 11.8. The van der Waals surface area contributed by atoms with Gasteiger partial charge in [0.1, 0.15) is 23.2 Å². The maximum atomic E-state index is 13.0. The first kappa shape index (κ1) is 25.2. The zero-order valence-corrected chi connectivity index (χ0v) is 20.4. The standard InChI is InChI=1S/C30H22F2N4O3/c31-23-9-13-25(14-10-23)38-35-29(33)21-5-1-19(2-6-21)27-17-18-28(37-27)20-3-7-22(8-4-20)30(34)36-39-26-15-11-24(32)12-16-26/h1-18H,(H2,33,35)(H2,34,36). The van der Waals surface area contributed by atoms with Crippen LogP contribution in [-0.4, -0.2) is 11.7 Å². The molecule has 0 aliphatic rings. The Morgan fingerprint density at radius 1 is 0.513 bits per heavy atom. The van der Waals surface area contributed by atoms with Crippen LogP contribution in [0, 0.1) is 11.6 Å². The van der Waals surface area contributed by atoms with Gasteiger partial charge in [-0.1, -0.05) is 58.8 Å². The van der Waals surface area contributed by atoms with Gasteiger partial charge in [0.25, 0.3) is 0 Å². The van der Waals surface area contributed by atoms with Gasteiger partial charge in [0, 0.05) is 22.3 Å². The fourth-order valence-corrected chi connectivity index (χ4v) is 3.56. The van der Waals surface area contributed by atoms with Crippen LogP contribution >= 0.6 is 0 Å². The smallest absolute Gasteiger partial charge is 0.170 e. The van der Waals surface area contributed by atoms with Crippen molar-refractivity contribution in [3.63, 3.8) is 0 Å². The van der Waals surface area contributed by atoms with Crippen molar-refractivity contribution in [1.29, 1.82) is 0 Å². The van der Waals surface area contributed by atoms with Crippen LogP contribution in [0.5, 0.6) is 11.5 Å². The first-order valence-electron chi connectivity index (χ1n) is 11.8. The van der Waals surface area contributed by atoms with Gasteiger partial charge in [0.15, 0.2) is 23.2 Å². The van der Waals surface area contributed by atoms with E-state index >= 15 is 0 Å². The Kier molecular flexibility index (Phi) is 7.31. The molecule has 4 aromatic carbocycles. The van der Waals surface area contributed by atoms with Gasteiger partial charge in [0.05, 0.1) is 0 Å². The second kappa shape index (κ2) is 11.3. The van der Waals surface area contributed by atoms with Crippen molar-refractivity contribution < 1.29 is 22.9 Å². The van der Waals surface area contributed by atoms with Gasteiger partial charge in [-0.15, -0.1) is 0 Å². The lowest BCUT2D eigenvalue weighted by Crippen LogP contribution is -2.14. The second-order valence-corrected chi connectivity index (χ2v) is 8.36. The van der Waals surface area contributed by atoms with Crippen LogP contribution < -0.4 is 21.1 Å². The average molecular weight is 525 g/mol. The molecule has 5 rings (SSSR count). The highest BCUT2D eigenvalue weighted by Gasteiger charge is 2.09. The Morgan fingerprint density at radius 3 is 1.23 bits per heavy atom. The van der Waals surface area contributed by atoms with Crippen LogP contribution in [0.1, 0.15) is 11.1 Å². The van der Waals surface area contributed by atoms with Gasteiger partial charge < -0.3 is 25.6 Å². The first-order chi connectivity index (χ1) is 18.9. The Hall–Kier alpha value is -5.44. The van der Waals surface area contributed by atoms with Gasteiger partial charge in [-0.05, 0) is 60.7 Å². The van der Waals surface area contributed by atoms with Gasteiger partial charge in [0.2, 0.25) is 0 Å². The Bertz CT molecular complexity index is 1490. The summed E-state index contributed by atoms with van der Waals surface area (Å²) in [6, 6.07) is 29.4. The molecule has 0 spiro atoms. The summed E-state index contributed by atoms with van der Waals surface area (Å²) < 4.78 is 32.1. The Balaban J connectivity index is 1.23. The second-order valence-electron chi connectivity index (χ2n) is 8.36. The fourth-order valence-electron chi connectivity index (χ4n) is 3.56. The summed E-state index contributed by atoms with van der Waals surface area (Å²) in [5.74, 6) is 1.73. The molecule has 194 valence electrons.